The van der Waals surface area contributed by atoms with Crippen molar-refractivity contribution in [3.63, 3.8) is 0 Å². The molecule has 3 aromatic rings. The Morgan fingerprint density at radius 2 is 2.13 bits per heavy atom. The summed E-state index contributed by atoms with van der Waals surface area (Å²) in [4.78, 5) is 7.02. The van der Waals surface area contributed by atoms with Gasteiger partial charge in [0.1, 0.15) is 0 Å². The van der Waals surface area contributed by atoms with Crippen LogP contribution in [0.2, 0.25) is 0 Å². The van der Waals surface area contributed by atoms with E-state index in [1.807, 2.05) is 12.4 Å². The maximum Gasteiger partial charge on any atom is 0.0704 e. The monoisotopic (exact) mass is 306 g/mol. The molecule has 0 bridgehead atoms. The summed E-state index contributed by atoms with van der Waals surface area (Å²) in [6.45, 7) is 5.45. The molecule has 1 aromatic carbocycles. The van der Waals surface area contributed by atoms with Crippen LogP contribution in [0.15, 0.2) is 42.7 Å². The largest absolute Gasteiger partial charge is 0.299 e. The van der Waals surface area contributed by atoms with Crippen molar-refractivity contribution in [3.05, 3.63) is 59.5 Å². The van der Waals surface area contributed by atoms with Gasteiger partial charge in [-0.3, -0.25) is 15.0 Å². The van der Waals surface area contributed by atoms with Gasteiger partial charge in [0.2, 0.25) is 0 Å². The van der Waals surface area contributed by atoms with Gasteiger partial charge >= 0.3 is 0 Å². The number of aryl methyl sites for hydroxylation is 1. The van der Waals surface area contributed by atoms with E-state index in [0.717, 1.165) is 24.4 Å². The molecule has 4 nitrogen and oxygen atoms in total. The number of nitrogens with zero attached hydrogens (tertiary/aromatic N) is 3. The first-order valence-electron chi connectivity index (χ1n) is 8.33. The molecule has 2 aromatic heterocycles. The number of likely N-dealkylation sites (tertiary alicyclic amines) is 1. The molecule has 0 radical (unpaired) electrons. The number of nitrogens with one attached hydrogen (secondary N) is 1. The molecular weight excluding hydrogens is 284 g/mol. The van der Waals surface area contributed by atoms with Gasteiger partial charge in [-0.1, -0.05) is 18.2 Å². The zero-order valence-corrected chi connectivity index (χ0v) is 13.5. The molecule has 4 heteroatoms. The standard InChI is InChI=1S/C19H22N4/c1-14-17(11-21-22-14)13-23-9-7-15(12-23)10-16-6-8-20-19-5-3-2-4-18(16)19/h2-6,8,11,15H,7,9-10,12-13H2,1H3,(H,21,22)/t15-/m1/s1. The van der Waals surface area contributed by atoms with E-state index < -0.39 is 0 Å². The molecule has 1 aliphatic heterocycles. The van der Waals surface area contributed by atoms with Crippen molar-refractivity contribution in [2.45, 2.75) is 26.3 Å². The Kier molecular flexibility index (Phi) is 3.83. The van der Waals surface area contributed by atoms with E-state index in [4.69, 9.17) is 0 Å². The van der Waals surface area contributed by atoms with Crippen molar-refractivity contribution in [2.24, 2.45) is 5.92 Å². The molecule has 0 spiro atoms. The van der Waals surface area contributed by atoms with E-state index in [1.165, 1.54) is 41.7 Å². The highest BCUT2D eigenvalue weighted by Crippen LogP contribution is 2.26. The molecule has 0 saturated carbocycles. The van der Waals surface area contributed by atoms with E-state index >= 15 is 0 Å². The molecule has 1 aliphatic rings. The SMILES string of the molecule is Cc1[nH]ncc1CN1CC[C@H](Cc2ccnc3ccccc23)C1. The maximum absolute atomic E-state index is 4.47. The van der Waals surface area contributed by atoms with Gasteiger partial charge in [-0.25, -0.2) is 0 Å². The first kappa shape index (κ1) is 14.4. The number of hydrogen-bond donors (Lipinski definition) is 1. The molecule has 1 saturated heterocycles. The summed E-state index contributed by atoms with van der Waals surface area (Å²) >= 11 is 0. The van der Waals surface area contributed by atoms with E-state index in [-0.39, 0.29) is 0 Å². The maximum atomic E-state index is 4.47. The fraction of sp³-hybridized carbons (Fsp3) is 0.368. The fourth-order valence-electron chi connectivity index (χ4n) is 3.64. The minimum atomic E-state index is 0.730. The van der Waals surface area contributed by atoms with Crippen LogP contribution in [0.1, 0.15) is 23.2 Å². The number of para-hydroxylation sites is 1. The normalized spacial score (nSPS) is 18.7. The van der Waals surface area contributed by atoms with Gasteiger partial charge in [0.15, 0.2) is 0 Å². The lowest BCUT2D eigenvalue weighted by Crippen LogP contribution is -2.20. The zero-order chi connectivity index (χ0) is 15.6. The molecule has 1 atom stereocenters. The summed E-state index contributed by atoms with van der Waals surface area (Å²) in [6, 6.07) is 10.6. The number of H-pyrrole nitrogens is 1. The van der Waals surface area contributed by atoms with Gasteiger partial charge in [-0.15, -0.1) is 0 Å². The number of aromatic nitrogens is 3. The second-order valence-electron chi connectivity index (χ2n) is 6.60. The molecule has 0 aliphatic carbocycles. The molecule has 0 unspecified atom stereocenters. The zero-order valence-electron chi connectivity index (χ0n) is 13.5. The highest BCUT2D eigenvalue weighted by Gasteiger charge is 2.23. The Hall–Kier alpha value is -2.20. The smallest absolute Gasteiger partial charge is 0.0704 e. The van der Waals surface area contributed by atoms with Crippen molar-refractivity contribution in [3.8, 4) is 0 Å². The molecule has 23 heavy (non-hydrogen) atoms. The van der Waals surface area contributed by atoms with Gasteiger partial charge in [0, 0.05) is 35.9 Å². The van der Waals surface area contributed by atoms with Gasteiger partial charge in [-0.05, 0) is 49.9 Å². The quantitative estimate of drug-likeness (QED) is 0.804. The number of rotatable bonds is 4. The first-order valence-corrected chi connectivity index (χ1v) is 8.33. The van der Waals surface area contributed by atoms with Crippen LogP contribution in [0, 0.1) is 12.8 Å². The van der Waals surface area contributed by atoms with Crippen molar-refractivity contribution in [2.75, 3.05) is 13.1 Å². The Labute approximate surface area is 136 Å². The van der Waals surface area contributed by atoms with Crippen molar-refractivity contribution in [1.29, 1.82) is 0 Å². The Bertz CT molecular complexity index is 802. The van der Waals surface area contributed by atoms with Crippen LogP contribution in [0.4, 0.5) is 0 Å². The van der Waals surface area contributed by atoms with E-state index in [2.05, 4.69) is 57.3 Å². The second-order valence-corrected chi connectivity index (χ2v) is 6.60. The number of benzene rings is 1. The third-order valence-corrected chi connectivity index (χ3v) is 4.95. The molecule has 1 fully saturated rings. The van der Waals surface area contributed by atoms with Gasteiger partial charge in [0.25, 0.3) is 0 Å². The third kappa shape index (κ3) is 2.99. The molecule has 118 valence electrons. The molecule has 0 amide bonds. The summed E-state index contributed by atoms with van der Waals surface area (Å²) in [5.74, 6) is 0.730. The number of hydrogen-bond acceptors (Lipinski definition) is 3. The van der Waals surface area contributed by atoms with Gasteiger partial charge in [-0.2, -0.15) is 5.10 Å². The van der Waals surface area contributed by atoms with Crippen LogP contribution < -0.4 is 0 Å². The Morgan fingerprint density at radius 3 is 3.00 bits per heavy atom. The average molecular weight is 306 g/mol. The van der Waals surface area contributed by atoms with Crippen LogP contribution in [0.5, 0.6) is 0 Å². The Morgan fingerprint density at radius 1 is 1.22 bits per heavy atom. The highest BCUT2D eigenvalue weighted by atomic mass is 15.2. The van der Waals surface area contributed by atoms with E-state index in [9.17, 15) is 0 Å². The molecule has 1 N–H and O–H groups in total. The predicted octanol–water partition coefficient (Wildman–Crippen LogP) is 3.33. The summed E-state index contributed by atoms with van der Waals surface area (Å²) < 4.78 is 0. The minimum Gasteiger partial charge on any atom is -0.299 e. The third-order valence-electron chi connectivity index (χ3n) is 4.95. The number of fused-ring (bicyclic) bond motifs is 1. The van der Waals surface area contributed by atoms with Crippen molar-refractivity contribution in [1.82, 2.24) is 20.1 Å². The van der Waals surface area contributed by atoms with Crippen LogP contribution in [0.25, 0.3) is 10.9 Å². The van der Waals surface area contributed by atoms with E-state index in [1.54, 1.807) is 0 Å². The van der Waals surface area contributed by atoms with Crippen LogP contribution in [-0.4, -0.2) is 33.2 Å². The van der Waals surface area contributed by atoms with Crippen molar-refractivity contribution >= 4 is 10.9 Å². The summed E-state index contributed by atoms with van der Waals surface area (Å²) in [5, 5.41) is 8.46. The van der Waals surface area contributed by atoms with Crippen LogP contribution in [0.3, 0.4) is 0 Å². The molecule has 4 rings (SSSR count). The lowest BCUT2D eigenvalue weighted by atomic mass is 9.96. The predicted molar refractivity (Wildman–Crippen MR) is 92.2 cm³/mol. The second kappa shape index (κ2) is 6.13. The topological polar surface area (TPSA) is 44.8 Å². The molecular formula is C19H22N4. The Balaban J connectivity index is 1.45. The fourth-order valence-corrected chi connectivity index (χ4v) is 3.64. The van der Waals surface area contributed by atoms with Gasteiger partial charge in [0.05, 0.1) is 11.7 Å². The van der Waals surface area contributed by atoms with Crippen molar-refractivity contribution < 1.29 is 0 Å². The minimum absolute atomic E-state index is 0.730. The molecule has 3 heterocycles. The summed E-state index contributed by atoms with van der Waals surface area (Å²) in [6.07, 6.45) is 6.32. The van der Waals surface area contributed by atoms with Gasteiger partial charge < -0.3 is 0 Å². The van der Waals surface area contributed by atoms with Crippen LogP contribution >= 0.6 is 0 Å². The first-order chi connectivity index (χ1) is 11.3. The summed E-state index contributed by atoms with van der Waals surface area (Å²) in [7, 11) is 0. The van der Waals surface area contributed by atoms with E-state index in [0.29, 0.717) is 0 Å². The number of aromatic amines is 1. The average Bonchev–Trinajstić information content (AvgIpc) is 3.18. The van der Waals surface area contributed by atoms with Crippen LogP contribution in [-0.2, 0) is 13.0 Å². The number of pyridine rings is 1. The summed E-state index contributed by atoms with van der Waals surface area (Å²) in [5.41, 5.74) is 5.05. The lowest BCUT2D eigenvalue weighted by Gasteiger charge is -2.16. The lowest BCUT2D eigenvalue weighted by molar-refractivity contribution is 0.316. The highest BCUT2D eigenvalue weighted by molar-refractivity contribution is 5.81.